The maximum atomic E-state index is 11.4. The van der Waals surface area contributed by atoms with Gasteiger partial charge in [-0.05, 0) is 20.8 Å². The minimum absolute atomic E-state index is 0.160. The van der Waals surface area contributed by atoms with Crippen LogP contribution in [0.15, 0.2) is 0 Å². The van der Waals surface area contributed by atoms with Crippen LogP contribution in [0.25, 0.3) is 0 Å². The van der Waals surface area contributed by atoms with Crippen LogP contribution in [-0.4, -0.2) is 41.5 Å². The highest BCUT2D eigenvalue weighted by molar-refractivity contribution is 5.77. The molecule has 0 N–H and O–H groups in total. The topological polar surface area (TPSA) is 23.6 Å². The quantitative estimate of drug-likeness (QED) is 0.558. The summed E-state index contributed by atoms with van der Waals surface area (Å²) in [6, 6.07) is 0.849. The first-order valence-corrected chi connectivity index (χ1v) is 4.07. The first-order chi connectivity index (χ1) is 5.04. The fraction of sp³-hybridized carbons (Fsp3) is 0.875. The van der Waals surface area contributed by atoms with Crippen LogP contribution in [0.4, 0.5) is 4.79 Å². The van der Waals surface area contributed by atoms with Gasteiger partial charge in [-0.3, -0.25) is 0 Å². The highest BCUT2D eigenvalue weighted by Crippen LogP contribution is 2.16. The van der Waals surface area contributed by atoms with E-state index in [9.17, 15) is 4.79 Å². The van der Waals surface area contributed by atoms with Crippen molar-refractivity contribution in [3.05, 3.63) is 0 Å². The van der Waals surface area contributed by atoms with Gasteiger partial charge in [-0.2, -0.15) is 0 Å². The summed E-state index contributed by atoms with van der Waals surface area (Å²) >= 11 is 0. The Morgan fingerprint density at radius 1 is 1.55 bits per heavy atom. The predicted octanol–water partition coefficient (Wildman–Crippen LogP) is 1.15. The average Bonchev–Trinajstić information content (AvgIpc) is 2.07. The molecule has 0 aromatic carbocycles. The maximum absolute atomic E-state index is 11.4. The van der Waals surface area contributed by atoms with Gasteiger partial charge in [0, 0.05) is 25.7 Å². The molecule has 0 unspecified atom stereocenters. The molecule has 3 nitrogen and oxygen atoms in total. The average molecular weight is 156 g/mol. The van der Waals surface area contributed by atoms with Crippen molar-refractivity contribution in [3.8, 4) is 0 Å². The molecule has 1 saturated heterocycles. The molecule has 2 amide bonds. The largest absolute Gasteiger partial charge is 0.326 e. The van der Waals surface area contributed by atoms with Gasteiger partial charge in [0.15, 0.2) is 0 Å². The molecule has 1 fully saturated rings. The molecule has 3 heteroatoms. The molecule has 1 aliphatic heterocycles. The van der Waals surface area contributed by atoms with Crippen LogP contribution < -0.4 is 0 Å². The minimum atomic E-state index is 0.160. The predicted molar refractivity (Wildman–Crippen MR) is 44.5 cm³/mol. The van der Waals surface area contributed by atoms with Gasteiger partial charge in [0.25, 0.3) is 0 Å². The Labute approximate surface area is 68.0 Å². The fourth-order valence-corrected chi connectivity index (χ4v) is 1.68. The Bertz CT molecular complexity index is 167. The molecule has 0 aromatic rings. The second-order valence-electron chi connectivity index (χ2n) is 3.51. The monoisotopic (exact) mass is 156 g/mol. The fourth-order valence-electron chi connectivity index (χ4n) is 1.68. The molecule has 0 radical (unpaired) electrons. The minimum Gasteiger partial charge on any atom is -0.326 e. The van der Waals surface area contributed by atoms with Crippen LogP contribution in [0, 0.1) is 0 Å². The number of hydrogen-bond acceptors (Lipinski definition) is 1. The van der Waals surface area contributed by atoms with Gasteiger partial charge in [0.1, 0.15) is 0 Å². The molecule has 0 spiro atoms. The standard InChI is InChI=1S/C8H16N2O/c1-6(2)10-7(3)5-9(4)8(10)11/h6-7H,5H2,1-4H3/t7-/m1/s1. The summed E-state index contributed by atoms with van der Waals surface area (Å²) in [4.78, 5) is 15.1. The van der Waals surface area contributed by atoms with Crippen molar-refractivity contribution in [3.63, 3.8) is 0 Å². The van der Waals surface area contributed by atoms with Crippen molar-refractivity contribution in [2.24, 2.45) is 0 Å². The van der Waals surface area contributed by atoms with Gasteiger partial charge in [-0.25, -0.2) is 4.79 Å². The lowest BCUT2D eigenvalue weighted by atomic mass is 10.2. The highest BCUT2D eigenvalue weighted by atomic mass is 16.2. The van der Waals surface area contributed by atoms with Crippen LogP contribution >= 0.6 is 0 Å². The van der Waals surface area contributed by atoms with Crippen molar-refractivity contribution in [2.45, 2.75) is 32.9 Å². The van der Waals surface area contributed by atoms with E-state index < -0.39 is 0 Å². The van der Waals surface area contributed by atoms with Crippen LogP contribution in [-0.2, 0) is 0 Å². The molecule has 64 valence electrons. The Kier molecular flexibility index (Phi) is 2.07. The zero-order valence-corrected chi connectivity index (χ0v) is 7.66. The third-order valence-electron chi connectivity index (χ3n) is 2.12. The number of carbonyl (C=O) groups is 1. The van der Waals surface area contributed by atoms with Gasteiger partial charge in [-0.15, -0.1) is 0 Å². The van der Waals surface area contributed by atoms with Gasteiger partial charge in [-0.1, -0.05) is 0 Å². The Balaban J connectivity index is 2.72. The van der Waals surface area contributed by atoms with Crippen molar-refractivity contribution < 1.29 is 4.79 Å². The summed E-state index contributed by atoms with van der Waals surface area (Å²) in [7, 11) is 1.85. The second-order valence-corrected chi connectivity index (χ2v) is 3.51. The molecule has 0 aromatic heterocycles. The Morgan fingerprint density at radius 3 is 2.27 bits per heavy atom. The maximum Gasteiger partial charge on any atom is 0.320 e. The molecule has 1 atom stereocenters. The summed E-state index contributed by atoms with van der Waals surface area (Å²) in [5, 5.41) is 0. The van der Waals surface area contributed by atoms with Crippen LogP contribution in [0.2, 0.25) is 0 Å². The molecule has 1 aliphatic rings. The number of carbonyl (C=O) groups excluding carboxylic acids is 1. The van der Waals surface area contributed by atoms with Crippen molar-refractivity contribution in [1.29, 1.82) is 0 Å². The second kappa shape index (κ2) is 2.72. The zero-order valence-electron chi connectivity index (χ0n) is 7.66. The molecule has 0 aliphatic carbocycles. The number of rotatable bonds is 1. The van der Waals surface area contributed by atoms with Gasteiger partial charge >= 0.3 is 6.03 Å². The number of hydrogen-bond donors (Lipinski definition) is 0. The van der Waals surface area contributed by atoms with E-state index in [1.807, 2.05) is 25.8 Å². The molecule has 0 saturated carbocycles. The SMILES string of the molecule is CC(C)N1C(=O)N(C)C[C@H]1C. The van der Waals surface area contributed by atoms with Crippen LogP contribution in [0.1, 0.15) is 20.8 Å². The van der Waals surface area contributed by atoms with Crippen LogP contribution in [0.5, 0.6) is 0 Å². The molecule has 11 heavy (non-hydrogen) atoms. The Hall–Kier alpha value is -0.730. The summed E-state index contributed by atoms with van der Waals surface area (Å²) < 4.78 is 0. The summed E-state index contributed by atoms with van der Waals surface area (Å²) in [5.41, 5.74) is 0. The number of urea groups is 1. The van der Waals surface area contributed by atoms with E-state index >= 15 is 0 Å². The third-order valence-corrected chi connectivity index (χ3v) is 2.12. The van der Waals surface area contributed by atoms with Gasteiger partial charge < -0.3 is 9.80 Å². The lowest BCUT2D eigenvalue weighted by Crippen LogP contribution is -2.38. The van der Waals surface area contributed by atoms with Gasteiger partial charge in [0.05, 0.1) is 0 Å². The van der Waals surface area contributed by atoms with E-state index in [4.69, 9.17) is 0 Å². The third kappa shape index (κ3) is 1.32. The molecule has 1 rings (SSSR count). The van der Waals surface area contributed by atoms with E-state index in [2.05, 4.69) is 6.92 Å². The zero-order chi connectivity index (χ0) is 8.59. The van der Waals surface area contributed by atoms with Crippen LogP contribution in [0.3, 0.4) is 0 Å². The summed E-state index contributed by atoms with van der Waals surface area (Å²) in [5.74, 6) is 0. The van der Waals surface area contributed by atoms with E-state index in [1.54, 1.807) is 4.90 Å². The normalized spacial score (nSPS) is 25.5. The molecule has 0 bridgehead atoms. The lowest BCUT2D eigenvalue weighted by molar-refractivity contribution is 0.179. The first-order valence-electron chi connectivity index (χ1n) is 4.07. The number of likely N-dealkylation sites (N-methyl/N-ethyl adjacent to an activating group) is 1. The molecular weight excluding hydrogens is 140 g/mol. The van der Waals surface area contributed by atoms with Crippen molar-refractivity contribution in [2.75, 3.05) is 13.6 Å². The lowest BCUT2D eigenvalue weighted by Gasteiger charge is -2.24. The van der Waals surface area contributed by atoms with Gasteiger partial charge in [0.2, 0.25) is 0 Å². The molecule has 1 heterocycles. The summed E-state index contributed by atoms with van der Waals surface area (Å²) in [6.07, 6.45) is 0. The Morgan fingerprint density at radius 2 is 2.09 bits per heavy atom. The summed E-state index contributed by atoms with van der Waals surface area (Å²) in [6.45, 7) is 7.04. The molecular formula is C8H16N2O. The van der Waals surface area contributed by atoms with Crippen molar-refractivity contribution >= 4 is 6.03 Å². The first kappa shape index (κ1) is 8.37. The van der Waals surface area contributed by atoms with E-state index in [1.165, 1.54) is 0 Å². The number of nitrogens with zero attached hydrogens (tertiary/aromatic N) is 2. The van der Waals surface area contributed by atoms with E-state index in [0.717, 1.165) is 6.54 Å². The highest BCUT2D eigenvalue weighted by Gasteiger charge is 2.33. The van der Waals surface area contributed by atoms with Crippen molar-refractivity contribution in [1.82, 2.24) is 9.80 Å². The van der Waals surface area contributed by atoms with E-state index in [-0.39, 0.29) is 6.03 Å². The number of amides is 2. The van der Waals surface area contributed by atoms with E-state index in [0.29, 0.717) is 12.1 Å². The smallest absolute Gasteiger partial charge is 0.320 e.